The summed E-state index contributed by atoms with van der Waals surface area (Å²) in [4.78, 5) is 10.5. The zero-order valence-electron chi connectivity index (χ0n) is 10.5. The third-order valence-corrected chi connectivity index (χ3v) is 2.51. The molecule has 0 aliphatic carbocycles. The molecule has 0 fully saturated rings. The molecule has 6 nitrogen and oxygen atoms in total. The molecule has 0 saturated carbocycles. The van der Waals surface area contributed by atoms with Gasteiger partial charge in [-0.25, -0.2) is 10.8 Å². The second kappa shape index (κ2) is 7.03. The smallest absolute Gasteiger partial charge is 0.239 e. The molecule has 0 aromatic carbocycles. The van der Waals surface area contributed by atoms with Crippen LogP contribution in [0.3, 0.4) is 0 Å². The van der Waals surface area contributed by atoms with Gasteiger partial charge in [-0.1, -0.05) is 0 Å². The summed E-state index contributed by atoms with van der Waals surface area (Å²) in [5.41, 5.74) is 3.34. The van der Waals surface area contributed by atoms with Crippen LogP contribution in [0.1, 0.15) is 25.0 Å². The van der Waals surface area contributed by atoms with Crippen molar-refractivity contribution in [2.75, 3.05) is 30.5 Å². The topological polar surface area (TPSA) is 87.3 Å². The first-order chi connectivity index (χ1) is 8.17. The van der Waals surface area contributed by atoms with E-state index in [0.29, 0.717) is 5.95 Å². The van der Waals surface area contributed by atoms with Gasteiger partial charge in [0, 0.05) is 32.0 Å². The molecule has 1 heterocycles. The van der Waals surface area contributed by atoms with E-state index in [9.17, 15) is 0 Å². The molecule has 0 bridgehead atoms. The normalized spacial score (nSPS) is 10.4. The Labute approximate surface area is 102 Å². The third kappa shape index (κ3) is 4.54. The summed E-state index contributed by atoms with van der Waals surface area (Å²) in [6.45, 7) is 3.07. The van der Waals surface area contributed by atoms with Crippen LogP contribution in [0.2, 0.25) is 0 Å². The molecule has 1 aromatic heterocycles. The van der Waals surface area contributed by atoms with E-state index in [1.165, 1.54) is 0 Å². The van der Waals surface area contributed by atoms with E-state index in [1.54, 1.807) is 0 Å². The zero-order valence-corrected chi connectivity index (χ0v) is 10.5. The predicted molar refractivity (Wildman–Crippen MR) is 68.8 cm³/mol. The number of aromatic nitrogens is 2. The van der Waals surface area contributed by atoms with E-state index in [4.69, 9.17) is 10.9 Å². The van der Waals surface area contributed by atoms with Crippen LogP contribution in [-0.4, -0.2) is 35.3 Å². The summed E-state index contributed by atoms with van der Waals surface area (Å²) in [6.07, 6.45) is 2.91. The fourth-order valence-electron chi connectivity index (χ4n) is 1.56. The van der Waals surface area contributed by atoms with Crippen LogP contribution in [-0.2, 0) is 0 Å². The lowest BCUT2D eigenvalue weighted by atomic mass is 10.2. The predicted octanol–water partition coefficient (Wildman–Crippen LogP) is 0.669. The number of aliphatic hydroxyl groups excluding tert-OH is 1. The Morgan fingerprint density at radius 3 is 2.76 bits per heavy atom. The first kappa shape index (κ1) is 13.7. The molecular formula is C11H21N5O. The summed E-state index contributed by atoms with van der Waals surface area (Å²) in [7, 11) is 1.99. The number of nitrogens with two attached hydrogens (primary N) is 1. The Morgan fingerprint density at radius 1 is 1.35 bits per heavy atom. The van der Waals surface area contributed by atoms with Crippen molar-refractivity contribution in [2.45, 2.75) is 26.2 Å². The Morgan fingerprint density at radius 2 is 2.12 bits per heavy atom. The molecule has 0 unspecified atom stereocenters. The highest BCUT2D eigenvalue weighted by atomic mass is 16.2. The van der Waals surface area contributed by atoms with Crippen LogP contribution >= 0.6 is 0 Å². The summed E-state index contributed by atoms with van der Waals surface area (Å²) in [6, 6.07) is 1.92. The van der Waals surface area contributed by atoms with Crippen LogP contribution in [0.4, 0.5) is 11.8 Å². The van der Waals surface area contributed by atoms with Crippen molar-refractivity contribution in [1.29, 1.82) is 0 Å². The standard InChI is InChI=1S/C11H21N5O/c1-9-8-10(14-11(13-9)15-12)16(2)6-4-3-5-7-17/h8,17H,3-7,12H2,1-2H3,(H,13,14,15). The van der Waals surface area contributed by atoms with Crippen LogP contribution in [0.5, 0.6) is 0 Å². The van der Waals surface area contributed by atoms with E-state index in [-0.39, 0.29) is 6.61 Å². The number of rotatable bonds is 7. The van der Waals surface area contributed by atoms with Crippen LogP contribution in [0.25, 0.3) is 0 Å². The maximum atomic E-state index is 8.70. The summed E-state index contributed by atoms with van der Waals surface area (Å²) in [5.74, 6) is 6.59. The Kier molecular flexibility index (Phi) is 5.65. The highest BCUT2D eigenvalue weighted by Crippen LogP contribution is 2.13. The number of aliphatic hydroxyl groups is 1. The molecule has 17 heavy (non-hydrogen) atoms. The minimum Gasteiger partial charge on any atom is -0.396 e. The van der Waals surface area contributed by atoms with Crippen molar-refractivity contribution in [2.24, 2.45) is 5.84 Å². The SMILES string of the molecule is Cc1cc(N(C)CCCCCO)nc(NN)n1. The maximum Gasteiger partial charge on any atom is 0.239 e. The molecule has 1 rings (SSSR count). The minimum absolute atomic E-state index is 0.261. The van der Waals surface area contributed by atoms with Gasteiger partial charge in [-0.05, 0) is 26.2 Å². The van der Waals surface area contributed by atoms with Gasteiger partial charge in [0.05, 0.1) is 0 Å². The number of anilines is 2. The molecular weight excluding hydrogens is 218 g/mol. The molecule has 0 saturated heterocycles. The molecule has 6 heteroatoms. The summed E-state index contributed by atoms with van der Waals surface area (Å²) >= 11 is 0. The van der Waals surface area contributed by atoms with E-state index in [2.05, 4.69) is 20.3 Å². The second-order valence-electron chi connectivity index (χ2n) is 4.04. The van der Waals surface area contributed by atoms with Gasteiger partial charge in [-0.3, -0.25) is 5.43 Å². The molecule has 0 atom stereocenters. The minimum atomic E-state index is 0.261. The van der Waals surface area contributed by atoms with Gasteiger partial charge in [-0.15, -0.1) is 0 Å². The van der Waals surface area contributed by atoms with Crippen molar-refractivity contribution < 1.29 is 5.11 Å². The highest BCUT2D eigenvalue weighted by Gasteiger charge is 2.05. The third-order valence-electron chi connectivity index (χ3n) is 2.51. The lowest BCUT2D eigenvalue weighted by Gasteiger charge is -2.18. The van der Waals surface area contributed by atoms with Gasteiger partial charge in [0.2, 0.25) is 5.95 Å². The number of nitrogens with one attached hydrogen (secondary N) is 1. The maximum absolute atomic E-state index is 8.70. The van der Waals surface area contributed by atoms with Crippen LogP contribution < -0.4 is 16.2 Å². The van der Waals surface area contributed by atoms with Gasteiger partial charge in [-0.2, -0.15) is 4.98 Å². The number of hydrazine groups is 1. The second-order valence-corrected chi connectivity index (χ2v) is 4.04. The van der Waals surface area contributed by atoms with Crippen molar-refractivity contribution in [1.82, 2.24) is 9.97 Å². The Bertz CT molecular complexity index is 345. The van der Waals surface area contributed by atoms with Crippen molar-refractivity contribution in [3.63, 3.8) is 0 Å². The highest BCUT2D eigenvalue weighted by molar-refractivity contribution is 5.43. The molecule has 4 N–H and O–H groups in total. The molecule has 0 aliphatic heterocycles. The lowest BCUT2D eigenvalue weighted by Crippen LogP contribution is -2.21. The van der Waals surface area contributed by atoms with Gasteiger partial charge < -0.3 is 10.0 Å². The lowest BCUT2D eigenvalue weighted by molar-refractivity contribution is 0.283. The fraction of sp³-hybridized carbons (Fsp3) is 0.636. The number of nitrogens with zero attached hydrogens (tertiary/aromatic N) is 3. The van der Waals surface area contributed by atoms with Crippen molar-refractivity contribution in [3.8, 4) is 0 Å². The van der Waals surface area contributed by atoms with Crippen LogP contribution in [0.15, 0.2) is 6.07 Å². The van der Waals surface area contributed by atoms with E-state index in [1.807, 2.05) is 20.0 Å². The fourth-order valence-corrected chi connectivity index (χ4v) is 1.56. The average molecular weight is 239 g/mol. The molecule has 0 amide bonds. The van der Waals surface area contributed by atoms with E-state index >= 15 is 0 Å². The van der Waals surface area contributed by atoms with Crippen molar-refractivity contribution in [3.05, 3.63) is 11.8 Å². The van der Waals surface area contributed by atoms with Crippen molar-refractivity contribution >= 4 is 11.8 Å². The summed E-state index contributed by atoms with van der Waals surface area (Å²) < 4.78 is 0. The van der Waals surface area contributed by atoms with E-state index in [0.717, 1.165) is 37.3 Å². The number of hydrogen-bond donors (Lipinski definition) is 3. The van der Waals surface area contributed by atoms with Crippen LogP contribution in [0, 0.1) is 6.92 Å². The van der Waals surface area contributed by atoms with Gasteiger partial charge >= 0.3 is 0 Å². The number of nitrogen functional groups attached to an aromatic ring is 1. The monoisotopic (exact) mass is 239 g/mol. The number of aryl methyl sites for hydroxylation is 1. The largest absolute Gasteiger partial charge is 0.396 e. The summed E-state index contributed by atoms with van der Waals surface area (Å²) in [5, 5.41) is 8.70. The molecule has 1 aromatic rings. The molecule has 0 spiro atoms. The van der Waals surface area contributed by atoms with Gasteiger partial charge in [0.15, 0.2) is 0 Å². The first-order valence-electron chi connectivity index (χ1n) is 5.81. The zero-order chi connectivity index (χ0) is 12.7. The molecule has 0 aliphatic rings. The number of unbranched alkanes of at least 4 members (excludes halogenated alkanes) is 2. The van der Waals surface area contributed by atoms with E-state index < -0.39 is 0 Å². The Hall–Kier alpha value is -1.40. The van der Waals surface area contributed by atoms with Gasteiger partial charge in [0.1, 0.15) is 5.82 Å². The average Bonchev–Trinajstić information content (AvgIpc) is 2.33. The quantitative estimate of drug-likeness (QED) is 0.368. The van der Waals surface area contributed by atoms with Gasteiger partial charge in [0.25, 0.3) is 0 Å². The first-order valence-corrected chi connectivity index (χ1v) is 5.81. The number of hydrogen-bond acceptors (Lipinski definition) is 6. The molecule has 0 radical (unpaired) electrons. The Balaban J connectivity index is 2.55. The molecule has 96 valence electrons.